The number of benzene rings is 1. The van der Waals surface area contributed by atoms with Gasteiger partial charge in [-0.3, -0.25) is 14.8 Å². The van der Waals surface area contributed by atoms with E-state index in [0.717, 1.165) is 68.8 Å². The summed E-state index contributed by atoms with van der Waals surface area (Å²) in [5.74, 6) is 0.185. The Labute approximate surface area is 164 Å². The standard InChI is InChI=1S/C21H27FN4O2/c1-14-19(15-4-6-17(22)7-5-15)20(25-24-14)23-21(27)16-3-2-10-26(13-16)18-8-11-28-12-9-18/h4-7,16,18H,2-3,8-13H2,1H3,(H2,23,24,25,27). The molecule has 2 saturated heterocycles. The molecule has 2 aromatic rings. The average molecular weight is 386 g/mol. The summed E-state index contributed by atoms with van der Waals surface area (Å²) in [6.07, 6.45) is 4.00. The highest BCUT2D eigenvalue weighted by molar-refractivity contribution is 5.96. The maximum absolute atomic E-state index is 13.3. The molecule has 2 aliphatic rings. The molecule has 0 saturated carbocycles. The number of H-pyrrole nitrogens is 1. The van der Waals surface area contributed by atoms with Crippen molar-refractivity contribution in [3.63, 3.8) is 0 Å². The van der Waals surface area contributed by atoms with Gasteiger partial charge in [-0.05, 0) is 56.8 Å². The molecule has 2 N–H and O–H groups in total. The van der Waals surface area contributed by atoms with Crippen molar-refractivity contribution in [2.24, 2.45) is 5.92 Å². The number of rotatable bonds is 4. The second-order valence-corrected chi connectivity index (χ2v) is 7.75. The number of anilines is 1. The first-order valence-corrected chi connectivity index (χ1v) is 10.1. The van der Waals surface area contributed by atoms with Crippen molar-refractivity contribution >= 4 is 11.7 Å². The first-order valence-electron chi connectivity index (χ1n) is 10.1. The fraction of sp³-hybridized carbons (Fsp3) is 0.524. The van der Waals surface area contributed by atoms with Crippen LogP contribution in [0.2, 0.25) is 0 Å². The Hall–Kier alpha value is -2.25. The summed E-state index contributed by atoms with van der Waals surface area (Å²) in [6, 6.07) is 6.76. The van der Waals surface area contributed by atoms with E-state index in [9.17, 15) is 9.18 Å². The lowest BCUT2D eigenvalue weighted by molar-refractivity contribution is -0.122. The Morgan fingerprint density at radius 2 is 2.00 bits per heavy atom. The smallest absolute Gasteiger partial charge is 0.229 e. The first-order chi connectivity index (χ1) is 13.6. The quantitative estimate of drug-likeness (QED) is 0.845. The first kappa shape index (κ1) is 19.1. The second-order valence-electron chi connectivity index (χ2n) is 7.75. The van der Waals surface area contributed by atoms with Crippen molar-refractivity contribution in [2.45, 2.75) is 38.6 Å². The molecule has 4 rings (SSSR count). The number of carbonyl (C=O) groups excluding carboxylic acids is 1. The molecule has 0 radical (unpaired) electrons. The van der Waals surface area contributed by atoms with Gasteiger partial charge in [-0.2, -0.15) is 5.10 Å². The van der Waals surface area contributed by atoms with Crippen LogP contribution >= 0.6 is 0 Å². The number of aromatic nitrogens is 2. The van der Waals surface area contributed by atoms with Crippen molar-refractivity contribution in [2.75, 3.05) is 31.6 Å². The van der Waals surface area contributed by atoms with Gasteiger partial charge in [0.05, 0.1) is 5.92 Å². The van der Waals surface area contributed by atoms with Gasteiger partial charge in [-0.25, -0.2) is 4.39 Å². The summed E-state index contributed by atoms with van der Waals surface area (Å²) in [6.45, 7) is 5.36. The third kappa shape index (κ3) is 4.10. The van der Waals surface area contributed by atoms with Crippen LogP contribution < -0.4 is 5.32 Å². The van der Waals surface area contributed by atoms with Crippen LogP contribution in [0.3, 0.4) is 0 Å². The van der Waals surface area contributed by atoms with Gasteiger partial charge in [0.25, 0.3) is 0 Å². The van der Waals surface area contributed by atoms with E-state index in [2.05, 4.69) is 20.4 Å². The van der Waals surface area contributed by atoms with Gasteiger partial charge in [-0.15, -0.1) is 0 Å². The molecule has 1 unspecified atom stereocenters. The number of nitrogens with one attached hydrogen (secondary N) is 2. The number of amides is 1. The van der Waals surface area contributed by atoms with Gasteiger partial charge in [0.15, 0.2) is 5.82 Å². The molecule has 7 heteroatoms. The number of nitrogens with zero attached hydrogens (tertiary/aromatic N) is 2. The minimum absolute atomic E-state index is 0.00613. The molecule has 0 spiro atoms. The number of aromatic amines is 1. The molecule has 28 heavy (non-hydrogen) atoms. The number of likely N-dealkylation sites (tertiary alicyclic amines) is 1. The summed E-state index contributed by atoms with van der Waals surface area (Å²) < 4.78 is 18.7. The van der Waals surface area contributed by atoms with Crippen LogP contribution in [0.4, 0.5) is 10.2 Å². The molecular weight excluding hydrogens is 359 g/mol. The van der Waals surface area contributed by atoms with E-state index in [0.29, 0.717) is 11.9 Å². The van der Waals surface area contributed by atoms with Crippen LogP contribution in [-0.4, -0.2) is 53.3 Å². The summed E-state index contributed by atoms with van der Waals surface area (Å²) in [7, 11) is 0. The van der Waals surface area contributed by atoms with E-state index in [-0.39, 0.29) is 17.6 Å². The van der Waals surface area contributed by atoms with Gasteiger partial charge < -0.3 is 10.1 Å². The topological polar surface area (TPSA) is 70.2 Å². The van der Waals surface area contributed by atoms with Crippen LogP contribution in [0.15, 0.2) is 24.3 Å². The summed E-state index contributed by atoms with van der Waals surface area (Å²) in [4.78, 5) is 15.4. The van der Waals surface area contributed by atoms with Crippen LogP contribution in [0.1, 0.15) is 31.4 Å². The van der Waals surface area contributed by atoms with Crippen molar-refractivity contribution in [3.05, 3.63) is 35.8 Å². The number of ether oxygens (including phenoxy) is 1. The monoisotopic (exact) mass is 386 g/mol. The summed E-state index contributed by atoms with van der Waals surface area (Å²) in [5.41, 5.74) is 2.48. The highest BCUT2D eigenvalue weighted by Crippen LogP contribution is 2.31. The Bertz CT molecular complexity index is 814. The number of piperidine rings is 1. The molecule has 1 amide bonds. The van der Waals surface area contributed by atoms with E-state index in [1.165, 1.54) is 12.1 Å². The number of hydrogen-bond acceptors (Lipinski definition) is 4. The SMILES string of the molecule is Cc1[nH]nc(NC(=O)C2CCCN(C3CCOCC3)C2)c1-c1ccc(F)cc1. The molecule has 150 valence electrons. The maximum atomic E-state index is 13.3. The van der Waals surface area contributed by atoms with Crippen molar-refractivity contribution in [1.29, 1.82) is 0 Å². The zero-order valence-corrected chi connectivity index (χ0v) is 16.2. The van der Waals surface area contributed by atoms with Gasteiger partial charge in [0, 0.05) is 37.1 Å². The third-order valence-electron chi connectivity index (χ3n) is 5.85. The zero-order valence-electron chi connectivity index (χ0n) is 16.2. The molecule has 1 atom stereocenters. The largest absolute Gasteiger partial charge is 0.381 e. The molecule has 0 bridgehead atoms. The maximum Gasteiger partial charge on any atom is 0.229 e. The number of halogens is 1. The van der Waals surface area contributed by atoms with E-state index in [1.54, 1.807) is 12.1 Å². The van der Waals surface area contributed by atoms with Gasteiger partial charge in [0.1, 0.15) is 5.82 Å². The number of carbonyl (C=O) groups is 1. The number of hydrogen-bond donors (Lipinski definition) is 2. The minimum atomic E-state index is -0.286. The molecule has 2 fully saturated rings. The van der Waals surface area contributed by atoms with Crippen LogP contribution in [0.25, 0.3) is 11.1 Å². The van der Waals surface area contributed by atoms with Crippen LogP contribution in [0.5, 0.6) is 0 Å². The highest BCUT2D eigenvalue weighted by Gasteiger charge is 2.31. The summed E-state index contributed by atoms with van der Waals surface area (Å²) in [5, 5.41) is 10.2. The van der Waals surface area contributed by atoms with Gasteiger partial charge >= 0.3 is 0 Å². The number of aryl methyl sites for hydroxylation is 1. The van der Waals surface area contributed by atoms with Gasteiger partial charge in [0.2, 0.25) is 5.91 Å². The molecule has 1 aromatic carbocycles. The second kappa shape index (κ2) is 8.41. The van der Waals surface area contributed by atoms with Crippen molar-refractivity contribution in [3.8, 4) is 11.1 Å². The fourth-order valence-electron chi connectivity index (χ4n) is 4.31. The predicted octanol–water partition coefficient (Wildman–Crippen LogP) is 3.35. The Morgan fingerprint density at radius 1 is 1.25 bits per heavy atom. The van der Waals surface area contributed by atoms with Gasteiger partial charge in [-0.1, -0.05) is 12.1 Å². The zero-order chi connectivity index (χ0) is 19.5. The predicted molar refractivity (Wildman–Crippen MR) is 105 cm³/mol. The van der Waals surface area contributed by atoms with E-state index < -0.39 is 0 Å². The lowest BCUT2D eigenvalue weighted by Crippen LogP contribution is -2.47. The Kier molecular flexibility index (Phi) is 5.73. The van der Waals surface area contributed by atoms with Crippen molar-refractivity contribution < 1.29 is 13.9 Å². The Balaban J connectivity index is 1.45. The molecular formula is C21H27FN4O2. The summed E-state index contributed by atoms with van der Waals surface area (Å²) >= 11 is 0. The van der Waals surface area contributed by atoms with Crippen LogP contribution in [0, 0.1) is 18.7 Å². The van der Waals surface area contributed by atoms with Crippen LogP contribution in [-0.2, 0) is 9.53 Å². The lowest BCUT2D eigenvalue weighted by Gasteiger charge is -2.39. The van der Waals surface area contributed by atoms with E-state index >= 15 is 0 Å². The normalized spacial score (nSPS) is 21.6. The molecule has 6 nitrogen and oxygen atoms in total. The average Bonchev–Trinajstić information content (AvgIpc) is 3.09. The Morgan fingerprint density at radius 3 is 2.75 bits per heavy atom. The molecule has 1 aromatic heterocycles. The fourth-order valence-corrected chi connectivity index (χ4v) is 4.31. The molecule has 2 aliphatic heterocycles. The lowest BCUT2D eigenvalue weighted by atomic mass is 9.94. The third-order valence-corrected chi connectivity index (χ3v) is 5.85. The van der Waals surface area contributed by atoms with E-state index in [4.69, 9.17) is 4.74 Å². The highest BCUT2D eigenvalue weighted by atomic mass is 19.1. The molecule has 0 aliphatic carbocycles. The van der Waals surface area contributed by atoms with E-state index in [1.807, 2.05) is 6.92 Å². The molecule has 3 heterocycles. The van der Waals surface area contributed by atoms with Crippen molar-refractivity contribution in [1.82, 2.24) is 15.1 Å². The minimum Gasteiger partial charge on any atom is -0.381 e.